The van der Waals surface area contributed by atoms with Crippen molar-refractivity contribution in [3.8, 4) is 0 Å². The summed E-state index contributed by atoms with van der Waals surface area (Å²) in [7, 11) is 4.27. The molecule has 2 saturated heterocycles. The number of aliphatic hydroxyl groups excluding tert-OH is 3. The number of aliphatic hydroxyl groups is 3. The monoisotopic (exact) mass is 407 g/mol. The molecule has 2 heterocycles. The lowest BCUT2D eigenvalue weighted by molar-refractivity contribution is -0.341. The van der Waals surface area contributed by atoms with Gasteiger partial charge in [0.15, 0.2) is 6.29 Å². The predicted molar refractivity (Wildman–Crippen MR) is 93.4 cm³/mol. The maximum absolute atomic E-state index is 10.8. The first kappa shape index (κ1) is 23.2. The van der Waals surface area contributed by atoms with Crippen LogP contribution in [-0.4, -0.2) is 111 Å². The van der Waals surface area contributed by atoms with Crippen LogP contribution in [0.1, 0.15) is 6.92 Å². The van der Waals surface area contributed by atoms with E-state index in [9.17, 15) is 15.3 Å². The van der Waals surface area contributed by atoms with Crippen molar-refractivity contribution >= 4 is 0 Å². The van der Waals surface area contributed by atoms with Gasteiger partial charge in [0, 0.05) is 26.2 Å². The van der Waals surface area contributed by atoms with Crippen LogP contribution in [0.15, 0.2) is 5.11 Å². The van der Waals surface area contributed by atoms with Crippen molar-refractivity contribution in [3.05, 3.63) is 10.4 Å². The molecule has 10 atom stereocenters. The van der Waals surface area contributed by atoms with Crippen LogP contribution >= 0.6 is 0 Å². The standard InChI is InChI=1S/C16H29N3O9/c1-7-13(24-3)12(22)14(9(26-7)6-23-2)28-16-15(25-4)11(21)10(20)8(27-16)5-18-19-17/h7-16,20-22H,5-6H2,1-4H3/t7-,8?,9?,10+,11-,12+,13?,14+,15?,16-/m0/s1. The minimum Gasteiger partial charge on any atom is -0.388 e. The molecule has 4 unspecified atom stereocenters. The average Bonchev–Trinajstić information content (AvgIpc) is 2.67. The van der Waals surface area contributed by atoms with Crippen molar-refractivity contribution in [3.63, 3.8) is 0 Å². The Morgan fingerprint density at radius 2 is 1.61 bits per heavy atom. The molecule has 0 aromatic rings. The lowest BCUT2D eigenvalue weighted by Crippen LogP contribution is -2.64. The topological polar surface area (TPSA) is 165 Å². The molecule has 2 rings (SSSR count). The van der Waals surface area contributed by atoms with Gasteiger partial charge in [-0.15, -0.1) is 0 Å². The third-order valence-corrected chi connectivity index (χ3v) is 5.03. The second-order valence-electron chi connectivity index (χ2n) is 6.76. The van der Waals surface area contributed by atoms with E-state index in [0.717, 1.165) is 0 Å². The predicted octanol–water partition coefficient (Wildman–Crippen LogP) is -1.05. The third-order valence-electron chi connectivity index (χ3n) is 5.03. The van der Waals surface area contributed by atoms with Crippen molar-refractivity contribution in [2.24, 2.45) is 5.11 Å². The molecule has 162 valence electrons. The van der Waals surface area contributed by atoms with Crippen molar-refractivity contribution in [2.45, 2.75) is 68.1 Å². The molecule has 12 heteroatoms. The number of nitrogens with zero attached hydrogens (tertiary/aromatic N) is 3. The zero-order valence-electron chi connectivity index (χ0n) is 16.3. The van der Waals surface area contributed by atoms with Gasteiger partial charge >= 0.3 is 0 Å². The van der Waals surface area contributed by atoms with Crippen LogP contribution < -0.4 is 0 Å². The molecule has 0 aromatic heterocycles. The first-order valence-corrected chi connectivity index (χ1v) is 8.95. The molecule has 2 fully saturated rings. The van der Waals surface area contributed by atoms with E-state index in [1.54, 1.807) is 6.92 Å². The third kappa shape index (κ3) is 4.92. The van der Waals surface area contributed by atoms with Gasteiger partial charge in [-0.3, -0.25) is 0 Å². The molecule has 2 aliphatic heterocycles. The number of rotatable bonds is 8. The fourth-order valence-electron chi connectivity index (χ4n) is 3.60. The van der Waals surface area contributed by atoms with Crippen LogP contribution in [0, 0.1) is 0 Å². The van der Waals surface area contributed by atoms with Crippen LogP contribution in [0.5, 0.6) is 0 Å². The maximum Gasteiger partial charge on any atom is 0.187 e. The van der Waals surface area contributed by atoms with Gasteiger partial charge in [0.1, 0.15) is 42.7 Å². The summed E-state index contributed by atoms with van der Waals surface area (Å²) < 4.78 is 33.2. The summed E-state index contributed by atoms with van der Waals surface area (Å²) in [6, 6.07) is 0. The zero-order chi connectivity index (χ0) is 20.8. The average molecular weight is 407 g/mol. The number of hydrogen-bond acceptors (Lipinski definition) is 10. The highest BCUT2D eigenvalue weighted by Crippen LogP contribution is 2.31. The van der Waals surface area contributed by atoms with Crippen molar-refractivity contribution in [2.75, 3.05) is 34.5 Å². The van der Waals surface area contributed by atoms with Gasteiger partial charge in [-0.25, -0.2) is 0 Å². The lowest BCUT2D eigenvalue weighted by atomic mass is 9.94. The van der Waals surface area contributed by atoms with Gasteiger partial charge in [-0.05, 0) is 12.5 Å². The smallest absolute Gasteiger partial charge is 0.187 e. The summed E-state index contributed by atoms with van der Waals surface area (Å²) in [5.74, 6) is 0. The molecule has 0 aliphatic carbocycles. The van der Waals surface area contributed by atoms with E-state index in [0.29, 0.717) is 0 Å². The Kier molecular flexibility index (Phi) is 8.83. The van der Waals surface area contributed by atoms with Crippen LogP contribution in [0.2, 0.25) is 0 Å². The SMILES string of the molecule is COCC1O[C@@H](C)C(OC)[C@@H](O)[C@@H]1O[C@@H]1OC(CN=[N+]=[N-])[C@@H](O)[C@H](O)C1OC. The number of ether oxygens (including phenoxy) is 6. The molecule has 0 saturated carbocycles. The largest absolute Gasteiger partial charge is 0.388 e. The van der Waals surface area contributed by atoms with Gasteiger partial charge in [0.05, 0.1) is 25.4 Å². The fourth-order valence-corrected chi connectivity index (χ4v) is 3.60. The summed E-state index contributed by atoms with van der Waals surface area (Å²) >= 11 is 0. The zero-order valence-corrected chi connectivity index (χ0v) is 16.3. The van der Waals surface area contributed by atoms with Gasteiger partial charge in [0.25, 0.3) is 0 Å². The van der Waals surface area contributed by atoms with Crippen LogP contribution in [-0.2, 0) is 28.4 Å². The summed E-state index contributed by atoms with van der Waals surface area (Å²) in [4.78, 5) is 2.63. The molecule has 0 spiro atoms. The number of azide groups is 1. The minimum absolute atomic E-state index is 0.139. The van der Waals surface area contributed by atoms with Gasteiger partial charge in [0.2, 0.25) is 0 Å². The molecule has 0 aromatic carbocycles. The lowest BCUT2D eigenvalue weighted by Gasteiger charge is -2.47. The van der Waals surface area contributed by atoms with Crippen LogP contribution in [0.25, 0.3) is 10.4 Å². The minimum atomic E-state index is -1.36. The van der Waals surface area contributed by atoms with E-state index in [2.05, 4.69) is 10.0 Å². The second-order valence-corrected chi connectivity index (χ2v) is 6.76. The van der Waals surface area contributed by atoms with Gasteiger partial charge in [-0.2, -0.15) is 0 Å². The highest BCUT2D eigenvalue weighted by molar-refractivity contribution is 4.96. The molecule has 2 aliphatic rings. The summed E-state index contributed by atoms with van der Waals surface area (Å²) in [6.45, 7) is 1.69. The molecular formula is C16H29N3O9. The van der Waals surface area contributed by atoms with E-state index in [1.165, 1.54) is 21.3 Å². The Bertz CT molecular complexity index is 533. The Morgan fingerprint density at radius 3 is 2.18 bits per heavy atom. The van der Waals surface area contributed by atoms with Gasteiger partial charge < -0.3 is 43.7 Å². The fraction of sp³-hybridized carbons (Fsp3) is 1.00. The van der Waals surface area contributed by atoms with Crippen molar-refractivity contribution < 1.29 is 43.7 Å². The van der Waals surface area contributed by atoms with Gasteiger partial charge in [-0.1, -0.05) is 5.11 Å². The maximum atomic E-state index is 10.8. The molecule has 0 amide bonds. The Labute approximate surface area is 162 Å². The highest BCUT2D eigenvalue weighted by atomic mass is 16.7. The summed E-state index contributed by atoms with van der Waals surface area (Å²) in [5.41, 5.74) is 8.51. The first-order valence-electron chi connectivity index (χ1n) is 8.95. The quantitative estimate of drug-likeness (QED) is 0.259. The Hall–Kier alpha value is -1.05. The normalized spacial score (nSPS) is 44.1. The van der Waals surface area contributed by atoms with Crippen LogP contribution in [0.3, 0.4) is 0 Å². The molecular weight excluding hydrogens is 378 g/mol. The van der Waals surface area contributed by atoms with Crippen molar-refractivity contribution in [1.29, 1.82) is 0 Å². The molecule has 0 radical (unpaired) electrons. The summed E-state index contributed by atoms with van der Waals surface area (Å²) in [6.07, 6.45) is -9.63. The molecule has 0 bridgehead atoms. The molecule has 12 nitrogen and oxygen atoms in total. The van der Waals surface area contributed by atoms with Crippen molar-refractivity contribution in [1.82, 2.24) is 0 Å². The van der Waals surface area contributed by atoms with E-state index in [1.807, 2.05) is 0 Å². The second kappa shape index (κ2) is 10.6. The summed E-state index contributed by atoms with van der Waals surface area (Å²) in [5, 5.41) is 34.7. The van der Waals surface area contributed by atoms with E-state index in [-0.39, 0.29) is 13.2 Å². The van der Waals surface area contributed by atoms with E-state index >= 15 is 0 Å². The van der Waals surface area contributed by atoms with Crippen LogP contribution in [0.4, 0.5) is 0 Å². The first-order chi connectivity index (χ1) is 13.4. The van der Waals surface area contributed by atoms with E-state index in [4.69, 9.17) is 34.0 Å². The van der Waals surface area contributed by atoms with E-state index < -0.39 is 61.2 Å². The molecule has 28 heavy (non-hydrogen) atoms. The Balaban J connectivity index is 2.22. The number of methoxy groups -OCH3 is 3. The molecule has 3 N–H and O–H groups in total. The number of hydrogen-bond donors (Lipinski definition) is 3. The highest BCUT2D eigenvalue weighted by Gasteiger charge is 2.50. The Morgan fingerprint density at radius 1 is 0.929 bits per heavy atom.